The van der Waals surface area contributed by atoms with Crippen LogP contribution in [0.4, 0.5) is 0 Å². The molecule has 1 N–H and O–H groups in total. The van der Waals surface area contributed by atoms with E-state index < -0.39 is 0 Å². The van der Waals surface area contributed by atoms with Crippen molar-refractivity contribution < 1.29 is 4.79 Å². The Morgan fingerprint density at radius 1 is 1.60 bits per heavy atom. The topological polar surface area (TPSA) is 65.6 Å². The first-order chi connectivity index (χ1) is 7.19. The van der Waals surface area contributed by atoms with Crippen LogP contribution in [0.2, 0.25) is 0 Å². The van der Waals surface area contributed by atoms with Crippen LogP contribution in [0, 0.1) is 17.4 Å². The summed E-state index contributed by atoms with van der Waals surface area (Å²) in [6.45, 7) is 7.59. The zero-order valence-electron chi connectivity index (χ0n) is 9.18. The first-order valence-electron chi connectivity index (χ1n) is 4.89. The second kappa shape index (κ2) is 7.79. The van der Waals surface area contributed by atoms with E-state index in [1.807, 2.05) is 13.8 Å². The third-order valence-corrected chi connectivity index (χ3v) is 2.32. The predicted octanol–water partition coefficient (Wildman–Crippen LogP) is 2.98. The van der Waals surface area contributed by atoms with Gasteiger partial charge in [-0.3, -0.25) is 0 Å². The van der Waals surface area contributed by atoms with Crippen molar-refractivity contribution in [2.45, 2.75) is 20.3 Å². The van der Waals surface area contributed by atoms with Crippen LogP contribution in [0.15, 0.2) is 35.1 Å². The van der Waals surface area contributed by atoms with Gasteiger partial charge in [-0.25, -0.2) is 0 Å². The summed E-state index contributed by atoms with van der Waals surface area (Å²) in [6.07, 6.45) is 6.79. The fourth-order valence-corrected chi connectivity index (χ4v) is 1.05. The second-order valence-electron chi connectivity index (χ2n) is 3.29. The maximum atomic E-state index is 10.8. The van der Waals surface area contributed by atoms with Gasteiger partial charge in [0.15, 0.2) is 0 Å². The van der Waals surface area contributed by atoms with Gasteiger partial charge in [-0.1, -0.05) is 38.1 Å². The van der Waals surface area contributed by atoms with E-state index in [0.29, 0.717) is 11.6 Å². The molecular weight excluding hydrogens is 190 g/mol. The summed E-state index contributed by atoms with van der Waals surface area (Å²) >= 11 is 0. The highest BCUT2D eigenvalue weighted by Crippen LogP contribution is 2.14. The van der Waals surface area contributed by atoms with Crippen molar-refractivity contribution >= 4 is 12.0 Å². The minimum absolute atomic E-state index is 0.120. The molecule has 0 aromatic heterocycles. The van der Waals surface area contributed by atoms with Crippen molar-refractivity contribution in [1.29, 1.82) is 5.53 Å². The molecule has 0 saturated heterocycles. The quantitative estimate of drug-likeness (QED) is 0.296. The average molecular weight is 207 g/mol. The molecule has 0 aliphatic carbocycles. The summed E-state index contributed by atoms with van der Waals surface area (Å²) in [5, 5.41) is 6.42. The fourth-order valence-electron chi connectivity index (χ4n) is 1.05. The molecule has 0 aromatic carbocycles. The molecule has 4 heteroatoms. The number of carbonyl (C=O) groups excluding carboxylic acids is 1. The summed E-state index contributed by atoms with van der Waals surface area (Å²) < 4.78 is 0. The molecule has 2 atom stereocenters. The molecule has 0 amide bonds. The van der Waals surface area contributed by atoms with Gasteiger partial charge < -0.3 is 4.79 Å². The Hall–Kier alpha value is -1.58. The number of allylic oxidation sites excluding steroid dienone is 3. The van der Waals surface area contributed by atoms with Gasteiger partial charge in [0.2, 0.25) is 0 Å². The minimum atomic E-state index is -0.120. The molecule has 82 valence electrons. The van der Waals surface area contributed by atoms with E-state index in [2.05, 4.69) is 16.9 Å². The molecule has 0 rings (SSSR count). The van der Waals surface area contributed by atoms with Gasteiger partial charge in [-0.05, 0) is 18.1 Å². The molecule has 0 bridgehead atoms. The van der Waals surface area contributed by atoms with Crippen molar-refractivity contribution in [3.05, 3.63) is 24.8 Å². The van der Waals surface area contributed by atoms with Gasteiger partial charge in [0, 0.05) is 5.92 Å². The molecule has 0 radical (unpaired) electrons. The lowest BCUT2D eigenvalue weighted by Gasteiger charge is -2.11. The number of aldehydes is 1. The smallest absolute Gasteiger partial charge is 0.127 e. The zero-order chi connectivity index (χ0) is 11.7. The minimum Gasteiger partial charge on any atom is -0.303 e. The number of rotatable bonds is 7. The molecule has 0 fully saturated rings. The van der Waals surface area contributed by atoms with Crippen molar-refractivity contribution in [3.8, 4) is 0 Å². The maximum absolute atomic E-state index is 10.8. The molecule has 0 aliphatic rings. The summed E-state index contributed by atoms with van der Waals surface area (Å²) in [6, 6.07) is 0. The zero-order valence-corrected chi connectivity index (χ0v) is 9.18. The van der Waals surface area contributed by atoms with Crippen LogP contribution in [-0.2, 0) is 4.79 Å². The van der Waals surface area contributed by atoms with E-state index in [-0.39, 0.29) is 5.92 Å². The van der Waals surface area contributed by atoms with Crippen LogP contribution in [-0.4, -0.2) is 12.0 Å². The second-order valence-corrected chi connectivity index (χ2v) is 3.29. The van der Waals surface area contributed by atoms with E-state index in [9.17, 15) is 4.79 Å². The van der Waals surface area contributed by atoms with Crippen LogP contribution in [0.3, 0.4) is 0 Å². The molecule has 0 aromatic rings. The number of hydrogen-bond donors (Lipinski definition) is 1. The number of nitrogens with zero attached hydrogens (tertiary/aromatic N) is 2. The van der Waals surface area contributed by atoms with E-state index in [4.69, 9.17) is 5.53 Å². The summed E-state index contributed by atoms with van der Waals surface area (Å²) in [4.78, 5) is 10.8. The van der Waals surface area contributed by atoms with Crippen LogP contribution in [0.1, 0.15) is 20.3 Å². The largest absolute Gasteiger partial charge is 0.303 e. The lowest BCUT2D eigenvalue weighted by Crippen LogP contribution is -2.09. The SMILES string of the molecule is C=CC(/C=C\C(C=O)C(C)CC)=N\N=N. The third kappa shape index (κ3) is 5.00. The Labute approximate surface area is 90.3 Å². The lowest BCUT2D eigenvalue weighted by atomic mass is 9.92. The lowest BCUT2D eigenvalue weighted by molar-refractivity contribution is -0.111. The molecule has 0 heterocycles. The van der Waals surface area contributed by atoms with Gasteiger partial charge in [0.25, 0.3) is 0 Å². The number of carbonyl (C=O) groups is 1. The molecule has 4 nitrogen and oxygen atoms in total. The van der Waals surface area contributed by atoms with Crippen LogP contribution < -0.4 is 0 Å². The van der Waals surface area contributed by atoms with E-state index in [0.717, 1.165) is 12.7 Å². The first kappa shape index (κ1) is 13.4. The van der Waals surface area contributed by atoms with E-state index in [1.54, 1.807) is 12.2 Å². The first-order valence-corrected chi connectivity index (χ1v) is 4.89. The van der Waals surface area contributed by atoms with Crippen LogP contribution in [0.25, 0.3) is 0 Å². The Kier molecular flexibility index (Phi) is 6.97. The third-order valence-electron chi connectivity index (χ3n) is 2.32. The Morgan fingerprint density at radius 3 is 2.67 bits per heavy atom. The summed E-state index contributed by atoms with van der Waals surface area (Å²) in [5.41, 5.74) is 7.06. The van der Waals surface area contributed by atoms with Gasteiger partial charge in [0.05, 0.1) is 5.71 Å². The van der Waals surface area contributed by atoms with Crippen molar-refractivity contribution in [2.24, 2.45) is 22.2 Å². The van der Waals surface area contributed by atoms with Crippen molar-refractivity contribution in [1.82, 2.24) is 0 Å². The van der Waals surface area contributed by atoms with Gasteiger partial charge in [-0.2, -0.15) is 5.53 Å². The Bertz CT molecular complexity index is 282. The summed E-state index contributed by atoms with van der Waals surface area (Å²) in [7, 11) is 0. The maximum Gasteiger partial charge on any atom is 0.127 e. The van der Waals surface area contributed by atoms with Crippen molar-refractivity contribution in [3.63, 3.8) is 0 Å². The van der Waals surface area contributed by atoms with E-state index >= 15 is 0 Å². The monoisotopic (exact) mass is 207 g/mol. The van der Waals surface area contributed by atoms with Gasteiger partial charge in [0.1, 0.15) is 6.29 Å². The molecular formula is C11H17N3O. The van der Waals surface area contributed by atoms with Crippen LogP contribution >= 0.6 is 0 Å². The summed E-state index contributed by atoms with van der Waals surface area (Å²) in [5.74, 6) is 0.184. The average Bonchev–Trinajstić information content (AvgIpc) is 2.27. The molecule has 0 aliphatic heterocycles. The standard InChI is InChI=1S/C11H17N3O/c1-4-9(3)10(8-15)6-7-11(5-2)13-14-12/h5-10,12H,2,4H2,1,3H3/b7-6-,13-11+,14-12?. The predicted molar refractivity (Wildman–Crippen MR) is 60.9 cm³/mol. The number of nitrogens with one attached hydrogen (secondary N) is 1. The molecule has 0 saturated carbocycles. The van der Waals surface area contributed by atoms with Crippen molar-refractivity contribution in [2.75, 3.05) is 0 Å². The highest BCUT2D eigenvalue weighted by atomic mass is 16.1. The van der Waals surface area contributed by atoms with Gasteiger partial charge >= 0.3 is 0 Å². The Morgan fingerprint density at radius 2 is 2.27 bits per heavy atom. The highest BCUT2D eigenvalue weighted by Gasteiger charge is 2.10. The van der Waals surface area contributed by atoms with E-state index in [1.165, 1.54) is 6.08 Å². The molecule has 2 unspecified atom stereocenters. The molecule has 0 spiro atoms. The fraction of sp³-hybridized carbons (Fsp3) is 0.455. The highest BCUT2D eigenvalue weighted by molar-refractivity contribution is 6.03. The molecule has 15 heavy (non-hydrogen) atoms. The number of hydrogen-bond acceptors (Lipinski definition) is 3. The Balaban J connectivity index is 4.58. The normalized spacial score (nSPS) is 16.0. The van der Waals surface area contributed by atoms with Crippen LogP contribution in [0.5, 0.6) is 0 Å². The van der Waals surface area contributed by atoms with Gasteiger partial charge in [-0.15, -0.1) is 5.10 Å².